The Hall–Kier alpha value is -3.39. The first-order chi connectivity index (χ1) is 15.6. The molecule has 0 unspecified atom stereocenters. The summed E-state index contributed by atoms with van der Waals surface area (Å²) in [6, 6.07) is 14.0. The average molecular weight is 472 g/mol. The highest BCUT2D eigenvalue weighted by molar-refractivity contribution is 6.30. The molecule has 0 spiro atoms. The van der Waals surface area contributed by atoms with Gasteiger partial charge in [-0.3, -0.25) is 4.79 Å². The molecule has 0 aliphatic rings. The van der Waals surface area contributed by atoms with Crippen molar-refractivity contribution in [1.29, 1.82) is 0 Å². The molecule has 0 aliphatic heterocycles. The second-order valence-electron chi connectivity index (χ2n) is 8.56. The van der Waals surface area contributed by atoms with Gasteiger partial charge in [0.15, 0.2) is 0 Å². The van der Waals surface area contributed by atoms with Crippen LogP contribution in [-0.4, -0.2) is 39.7 Å². The van der Waals surface area contributed by atoms with E-state index in [4.69, 9.17) is 11.6 Å². The predicted octanol–water partition coefficient (Wildman–Crippen LogP) is 5.45. The smallest absolute Gasteiger partial charge is 0.315 e. The van der Waals surface area contributed by atoms with Gasteiger partial charge in [-0.25, -0.2) is 13.9 Å². The Balaban J connectivity index is 1.77. The fourth-order valence-corrected chi connectivity index (χ4v) is 3.19. The van der Waals surface area contributed by atoms with E-state index >= 15 is 0 Å². The minimum absolute atomic E-state index is 0.186. The van der Waals surface area contributed by atoms with Crippen LogP contribution in [0.3, 0.4) is 0 Å². The zero-order valence-electron chi connectivity index (χ0n) is 19.0. The molecule has 0 saturated carbocycles. The number of carbonyl (C=O) groups excluding carboxylic acids is 2. The van der Waals surface area contributed by atoms with Crippen molar-refractivity contribution in [3.8, 4) is 5.69 Å². The molecule has 33 heavy (non-hydrogen) atoms. The van der Waals surface area contributed by atoms with Gasteiger partial charge in [0.05, 0.1) is 11.4 Å². The number of rotatable bonds is 6. The summed E-state index contributed by atoms with van der Waals surface area (Å²) in [6.45, 7) is 7.95. The number of nitrogens with zero attached hydrogens (tertiary/aromatic N) is 3. The van der Waals surface area contributed by atoms with Gasteiger partial charge < -0.3 is 15.5 Å². The molecule has 3 rings (SSSR count). The zero-order valence-corrected chi connectivity index (χ0v) is 19.8. The average Bonchev–Trinajstić information content (AvgIpc) is 3.16. The largest absolute Gasteiger partial charge is 0.322 e. The van der Waals surface area contributed by atoms with Crippen molar-refractivity contribution in [2.24, 2.45) is 0 Å². The zero-order chi connectivity index (χ0) is 24.2. The SMILES string of the molecule is CCN(CC(=O)Nc1cc(C(C)(C)C)nn1-c1ccc(Cl)cc1)C(=O)Nc1cccc(F)c1. The highest BCUT2D eigenvalue weighted by atomic mass is 35.5. The molecule has 3 aromatic rings. The Kier molecular flexibility index (Phi) is 7.38. The molecule has 1 aromatic heterocycles. The highest BCUT2D eigenvalue weighted by Crippen LogP contribution is 2.27. The monoisotopic (exact) mass is 471 g/mol. The summed E-state index contributed by atoms with van der Waals surface area (Å²) >= 11 is 6.01. The van der Waals surface area contributed by atoms with Crippen LogP contribution in [-0.2, 0) is 10.2 Å². The van der Waals surface area contributed by atoms with Crippen LogP contribution < -0.4 is 10.6 Å². The lowest BCUT2D eigenvalue weighted by Gasteiger charge is -2.21. The molecule has 1 heterocycles. The second-order valence-corrected chi connectivity index (χ2v) is 8.99. The Morgan fingerprint density at radius 3 is 2.39 bits per heavy atom. The Morgan fingerprint density at radius 1 is 1.09 bits per heavy atom. The van der Waals surface area contributed by atoms with Crippen LogP contribution in [0.25, 0.3) is 5.69 Å². The number of amides is 3. The standard InChI is InChI=1S/C24H27ClFN5O2/c1-5-30(23(33)27-18-8-6-7-17(26)13-18)15-22(32)28-21-14-20(24(2,3)4)29-31(21)19-11-9-16(25)10-12-19/h6-14H,5,15H2,1-4H3,(H,27,33)(H,28,32). The summed E-state index contributed by atoms with van der Waals surface area (Å²) in [5.74, 6) is -0.366. The van der Waals surface area contributed by atoms with Crippen molar-refractivity contribution < 1.29 is 14.0 Å². The lowest BCUT2D eigenvalue weighted by molar-refractivity contribution is -0.116. The summed E-state index contributed by atoms with van der Waals surface area (Å²) in [5, 5.41) is 10.7. The number of nitrogens with one attached hydrogen (secondary N) is 2. The second kappa shape index (κ2) is 10.0. The third kappa shape index (κ3) is 6.32. The van der Waals surface area contributed by atoms with Gasteiger partial charge >= 0.3 is 6.03 Å². The van der Waals surface area contributed by atoms with Gasteiger partial charge in [-0.1, -0.05) is 38.4 Å². The number of carbonyl (C=O) groups is 2. The van der Waals surface area contributed by atoms with Crippen molar-refractivity contribution in [2.45, 2.75) is 33.1 Å². The molecular weight excluding hydrogens is 445 g/mol. The van der Waals surface area contributed by atoms with Crippen molar-refractivity contribution in [2.75, 3.05) is 23.7 Å². The first-order valence-electron chi connectivity index (χ1n) is 10.5. The molecule has 3 amide bonds. The molecule has 0 bridgehead atoms. The van der Waals surface area contributed by atoms with Crippen molar-refractivity contribution >= 4 is 35.0 Å². The molecule has 0 saturated heterocycles. The van der Waals surface area contributed by atoms with Gasteiger partial charge in [-0.05, 0) is 49.4 Å². The summed E-state index contributed by atoms with van der Waals surface area (Å²) < 4.78 is 15.0. The van der Waals surface area contributed by atoms with Crippen LogP contribution in [0.15, 0.2) is 54.6 Å². The summed E-state index contributed by atoms with van der Waals surface area (Å²) in [4.78, 5) is 26.7. The number of halogens is 2. The van der Waals surface area contributed by atoms with Crippen molar-refractivity contribution in [1.82, 2.24) is 14.7 Å². The van der Waals surface area contributed by atoms with E-state index in [0.717, 1.165) is 11.4 Å². The third-order valence-electron chi connectivity index (χ3n) is 4.90. The summed E-state index contributed by atoms with van der Waals surface area (Å²) in [5.41, 5.74) is 1.61. The number of urea groups is 1. The Bertz CT molecular complexity index is 1140. The van der Waals surface area contributed by atoms with E-state index in [2.05, 4.69) is 15.7 Å². The molecule has 2 N–H and O–H groups in total. The summed E-state index contributed by atoms with van der Waals surface area (Å²) in [6.07, 6.45) is 0. The Labute approximate surface area is 197 Å². The van der Waals surface area contributed by atoms with Gasteiger partial charge in [0.1, 0.15) is 18.2 Å². The predicted molar refractivity (Wildman–Crippen MR) is 129 cm³/mol. The fraction of sp³-hybridized carbons (Fsp3) is 0.292. The van der Waals surface area contributed by atoms with Gasteiger partial charge in [0.25, 0.3) is 0 Å². The first kappa shape index (κ1) is 24.3. The minimum Gasteiger partial charge on any atom is -0.315 e. The third-order valence-corrected chi connectivity index (χ3v) is 5.15. The molecule has 2 aromatic carbocycles. The van der Waals surface area contributed by atoms with Crippen LogP contribution in [0.5, 0.6) is 0 Å². The number of hydrogen-bond acceptors (Lipinski definition) is 3. The topological polar surface area (TPSA) is 79.3 Å². The molecule has 0 fully saturated rings. The number of aromatic nitrogens is 2. The van der Waals surface area contributed by atoms with E-state index in [-0.39, 0.29) is 24.4 Å². The fourth-order valence-electron chi connectivity index (χ4n) is 3.07. The number of benzene rings is 2. The maximum atomic E-state index is 13.4. The quantitative estimate of drug-likeness (QED) is 0.501. The number of likely N-dealkylation sites (N-methyl/N-ethyl adjacent to an activating group) is 1. The number of hydrogen-bond donors (Lipinski definition) is 2. The lowest BCUT2D eigenvalue weighted by atomic mass is 9.92. The molecule has 0 radical (unpaired) electrons. The van der Waals surface area contributed by atoms with Gasteiger partial charge in [-0.15, -0.1) is 0 Å². The molecule has 7 nitrogen and oxygen atoms in total. The molecular formula is C24H27ClFN5O2. The molecule has 174 valence electrons. The minimum atomic E-state index is -0.500. The van der Waals surface area contributed by atoms with Crippen LogP contribution in [0.4, 0.5) is 20.7 Å². The van der Waals surface area contributed by atoms with Gasteiger partial charge in [0.2, 0.25) is 5.91 Å². The molecule has 0 atom stereocenters. The van der Waals surface area contributed by atoms with Crippen LogP contribution in [0.2, 0.25) is 5.02 Å². The van der Waals surface area contributed by atoms with Gasteiger partial charge in [0, 0.05) is 28.7 Å². The molecule has 9 heteroatoms. The maximum Gasteiger partial charge on any atom is 0.322 e. The van der Waals surface area contributed by atoms with E-state index in [1.165, 1.54) is 23.1 Å². The van der Waals surface area contributed by atoms with Crippen molar-refractivity contribution in [3.05, 3.63) is 71.1 Å². The van der Waals surface area contributed by atoms with E-state index in [1.807, 2.05) is 39.0 Å². The van der Waals surface area contributed by atoms with Gasteiger partial charge in [-0.2, -0.15) is 5.10 Å². The van der Waals surface area contributed by atoms with Crippen LogP contribution >= 0.6 is 11.6 Å². The van der Waals surface area contributed by atoms with E-state index in [0.29, 0.717) is 16.5 Å². The van der Waals surface area contributed by atoms with E-state index in [1.54, 1.807) is 29.8 Å². The van der Waals surface area contributed by atoms with E-state index in [9.17, 15) is 14.0 Å². The highest BCUT2D eigenvalue weighted by Gasteiger charge is 2.23. The Morgan fingerprint density at radius 2 is 1.79 bits per heavy atom. The number of anilines is 2. The first-order valence-corrected chi connectivity index (χ1v) is 10.9. The summed E-state index contributed by atoms with van der Waals surface area (Å²) in [7, 11) is 0. The maximum absolute atomic E-state index is 13.4. The van der Waals surface area contributed by atoms with E-state index < -0.39 is 11.8 Å². The van der Waals surface area contributed by atoms with Crippen molar-refractivity contribution in [3.63, 3.8) is 0 Å². The normalized spacial score (nSPS) is 11.2. The lowest BCUT2D eigenvalue weighted by Crippen LogP contribution is -2.40. The molecule has 0 aliphatic carbocycles. The van der Waals surface area contributed by atoms with Crippen LogP contribution in [0.1, 0.15) is 33.4 Å². The van der Waals surface area contributed by atoms with Crippen LogP contribution in [0, 0.1) is 5.82 Å².